The molecule has 1 saturated carbocycles. The Kier molecular flexibility index (Phi) is 2.69. The number of rotatable bonds is 1. The summed E-state index contributed by atoms with van der Waals surface area (Å²) < 4.78 is 0. The van der Waals surface area contributed by atoms with Crippen LogP contribution in [-0.2, 0) is 0 Å². The molecule has 2 aliphatic rings. The summed E-state index contributed by atoms with van der Waals surface area (Å²) in [6.07, 6.45) is 7.54. The quantitative estimate of drug-likeness (QED) is 0.580. The van der Waals surface area contributed by atoms with Gasteiger partial charge >= 0.3 is 0 Å². The Balaban J connectivity index is 1.90. The molecule has 0 aromatic rings. The minimum absolute atomic E-state index is 1.06. The van der Waals surface area contributed by atoms with Crippen molar-refractivity contribution >= 4 is 0 Å². The SMILES string of the molecule is CCN1CC[C@@H]2CCCC[C@@H]2C1. The summed E-state index contributed by atoms with van der Waals surface area (Å²) in [5.41, 5.74) is 0. The van der Waals surface area contributed by atoms with Crippen LogP contribution in [0.15, 0.2) is 0 Å². The highest BCUT2D eigenvalue weighted by atomic mass is 15.1. The third-order valence-electron chi connectivity index (χ3n) is 3.82. The van der Waals surface area contributed by atoms with E-state index in [1.54, 1.807) is 0 Å². The van der Waals surface area contributed by atoms with Crippen molar-refractivity contribution in [3.63, 3.8) is 0 Å². The van der Waals surface area contributed by atoms with Gasteiger partial charge in [0.2, 0.25) is 0 Å². The average Bonchev–Trinajstić information content (AvgIpc) is 2.17. The van der Waals surface area contributed by atoms with Crippen LogP contribution in [0.25, 0.3) is 0 Å². The molecule has 0 bridgehead atoms. The van der Waals surface area contributed by atoms with Crippen LogP contribution in [0.5, 0.6) is 0 Å². The predicted molar refractivity (Wildman–Crippen MR) is 52.2 cm³/mol. The van der Waals surface area contributed by atoms with Crippen molar-refractivity contribution in [2.24, 2.45) is 11.8 Å². The van der Waals surface area contributed by atoms with Crippen molar-refractivity contribution in [1.29, 1.82) is 0 Å². The van der Waals surface area contributed by atoms with Crippen molar-refractivity contribution in [2.75, 3.05) is 19.6 Å². The molecule has 1 heteroatoms. The first-order chi connectivity index (χ1) is 5.90. The first kappa shape index (κ1) is 8.55. The lowest BCUT2D eigenvalue weighted by molar-refractivity contribution is 0.0908. The molecular weight excluding hydrogens is 146 g/mol. The van der Waals surface area contributed by atoms with Gasteiger partial charge in [0, 0.05) is 6.54 Å². The number of nitrogens with zero attached hydrogens (tertiary/aromatic N) is 1. The largest absolute Gasteiger partial charge is 0.303 e. The molecule has 0 N–H and O–H groups in total. The van der Waals surface area contributed by atoms with E-state index in [1.807, 2.05) is 0 Å². The molecule has 1 heterocycles. The van der Waals surface area contributed by atoms with Gasteiger partial charge in [-0.3, -0.25) is 0 Å². The van der Waals surface area contributed by atoms with Crippen LogP contribution in [0.2, 0.25) is 0 Å². The van der Waals surface area contributed by atoms with Crippen LogP contribution in [0.4, 0.5) is 0 Å². The van der Waals surface area contributed by atoms with E-state index in [9.17, 15) is 0 Å². The molecule has 0 unspecified atom stereocenters. The summed E-state index contributed by atoms with van der Waals surface area (Å²) in [6, 6.07) is 0. The van der Waals surface area contributed by atoms with Gasteiger partial charge in [0.1, 0.15) is 0 Å². The van der Waals surface area contributed by atoms with E-state index in [-0.39, 0.29) is 0 Å². The highest BCUT2D eigenvalue weighted by Gasteiger charge is 2.30. The molecule has 1 aliphatic heterocycles. The van der Waals surface area contributed by atoms with Crippen molar-refractivity contribution in [2.45, 2.75) is 39.0 Å². The van der Waals surface area contributed by atoms with Crippen molar-refractivity contribution in [1.82, 2.24) is 4.90 Å². The standard InChI is InChI=1S/C11H21N/c1-2-12-8-7-10-5-3-4-6-11(10)9-12/h10-11H,2-9H2,1H3/t10-,11+/m0/s1. The summed E-state index contributed by atoms with van der Waals surface area (Å²) in [6.45, 7) is 6.34. The fourth-order valence-electron chi connectivity index (χ4n) is 2.96. The van der Waals surface area contributed by atoms with Crippen molar-refractivity contribution in [3.05, 3.63) is 0 Å². The van der Waals surface area contributed by atoms with Crippen LogP contribution in [0.1, 0.15) is 39.0 Å². The average molecular weight is 167 g/mol. The van der Waals surface area contributed by atoms with Crippen LogP contribution in [-0.4, -0.2) is 24.5 Å². The predicted octanol–water partition coefficient (Wildman–Crippen LogP) is 2.52. The molecule has 0 amide bonds. The molecule has 70 valence electrons. The van der Waals surface area contributed by atoms with Gasteiger partial charge in [-0.15, -0.1) is 0 Å². The number of hydrogen-bond donors (Lipinski definition) is 0. The topological polar surface area (TPSA) is 3.24 Å². The Labute approximate surface area is 76.1 Å². The molecule has 1 aliphatic carbocycles. The molecule has 0 aromatic heterocycles. The Morgan fingerprint density at radius 1 is 1.08 bits per heavy atom. The summed E-state index contributed by atoms with van der Waals surface area (Å²) in [7, 11) is 0. The molecule has 1 nitrogen and oxygen atoms in total. The van der Waals surface area contributed by atoms with Gasteiger partial charge < -0.3 is 4.90 Å². The Morgan fingerprint density at radius 2 is 1.83 bits per heavy atom. The fraction of sp³-hybridized carbons (Fsp3) is 1.00. The Morgan fingerprint density at radius 3 is 2.58 bits per heavy atom. The second-order valence-corrected chi connectivity index (χ2v) is 4.49. The van der Waals surface area contributed by atoms with Gasteiger partial charge in [-0.1, -0.05) is 26.2 Å². The maximum atomic E-state index is 2.63. The molecular formula is C11H21N. The molecule has 12 heavy (non-hydrogen) atoms. The normalized spacial score (nSPS) is 37.8. The van der Waals surface area contributed by atoms with Crippen LogP contribution in [0, 0.1) is 11.8 Å². The first-order valence-corrected chi connectivity index (χ1v) is 5.62. The van der Waals surface area contributed by atoms with Gasteiger partial charge in [0.05, 0.1) is 0 Å². The summed E-state index contributed by atoms with van der Waals surface area (Å²) in [5.74, 6) is 2.16. The zero-order valence-corrected chi connectivity index (χ0v) is 8.26. The molecule has 0 radical (unpaired) electrons. The first-order valence-electron chi connectivity index (χ1n) is 5.62. The highest BCUT2D eigenvalue weighted by Crippen LogP contribution is 2.35. The lowest BCUT2D eigenvalue weighted by Gasteiger charge is -2.40. The van der Waals surface area contributed by atoms with Gasteiger partial charge in [-0.2, -0.15) is 0 Å². The molecule has 2 fully saturated rings. The molecule has 2 rings (SSSR count). The monoisotopic (exact) mass is 167 g/mol. The van der Waals surface area contributed by atoms with Crippen molar-refractivity contribution < 1.29 is 0 Å². The van der Waals surface area contributed by atoms with Gasteiger partial charge in [-0.05, 0) is 37.8 Å². The Bertz CT molecular complexity index is 144. The summed E-state index contributed by atoms with van der Waals surface area (Å²) in [5, 5.41) is 0. The van der Waals surface area contributed by atoms with Crippen molar-refractivity contribution in [3.8, 4) is 0 Å². The second-order valence-electron chi connectivity index (χ2n) is 4.49. The molecule has 2 atom stereocenters. The summed E-state index contributed by atoms with van der Waals surface area (Å²) in [4.78, 5) is 2.63. The number of hydrogen-bond acceptors (Lipinski definition) is 1. The third-order valence-corrected chi connectivity index (χ3v) is 3.82. The molecule has 1 saturated heterocycles. The number of piperidine rings is 1. The van der Waals surface area contributed by atoms with E-state index in [2.05, 4.69) is 11.8 Å². The van der Waals surface area contributed by atoms with Gasteiger partial charge in [-0.25, -0.2) is 0 Å². The smallest absolute Gasteiger partial charge is 0.00122 e. The second kappa shape index (κ2) is 3.78. The zero-order valence-electron chi connectivity index (χ0n) is 8.26. The van der Waals surface area contributed by atoms with Gasteiger partial charge in [0.15, 0.2) is 0 Å². The maximum absolute atomic E-state index is 2.63. The third kappa shape index (κ3) is 1.66. The van der Waals surface area contributed by atoms with E-state index in [0.29, 0.717) is 0 Å². The van der Waals surface area contributed by atoms with Crippen LogP contribution in [0.3, 0.4) is 0 Å². The summed E-state index contributed by atoms with van der Waals surface area (Å²) >= 11 is 0. The lowest BCUT2D eigenvalue weighted by atomic mass is 9.75. The van der Waals surface area contributed by atoms with E-state index in [0.717, 1.165) is 11.8 Å². The minimum atomic E-state index is 1.06. The van der Waals surface area contributed by atoms with E-state index < -0.39 is 0 Å². The maximum Gasteiger partial charge on any atom is 0.00122 e. The van der Waals surface area contributed by atoms with E-state index >= 15 is 0 Å². The molecule has 0 spiro atoms. The number of fused-ring (bicyclic) bond motifs is 1. The lowest BCUT2D eigenvalue weighted by Crippen LogP contribution is -2.41. The minimum Gasteiger partial charge on any atom is -0.303 e. The molecule has 0 aromatic carbocycles. The Hall–Kier alpha value is -0.0400. The zero-order chi connectivity index (χ0) is 8.39. The van der Waals surface area contributed by atoms with Crippen LogP contribution >= 0.6 is 0 Å². The van der Waals surface area contributed by atoms with E-state index in [4.69, 9.17) is 0 Å². The fourth-order valence-corrected chi connectivity index (χ4v) is 2.96. The van der Waals surface area contributed by atoms with E-state index in [1.165, 1.54) is 51.7 Å². The highest BCUT2D eigenvalue weighted by molar-refractivity contribution is 4.82. The van der Waals surface area contributed by atoms with Crippen LogP contribution < -0.4 is 0 Å². The number of likely N-dealkylation sites (tertiary alicyclic amines) is 1. The van der Waals surface area contributed by atoms with Gasteiger partial charge in [0.25, 0.3) is 0 Å².